The van der Waals surface area contributed by atoms with E-state index in [0.29, 0.717) is 23.8 Å². The molecule has 2 amide bonds. The summed E-state index contributed by atoms with van der Waals surface area (Å²) < 4.78 is 2.18. The van der Waals surface area contributed by atoms with E-state index in [1.807, 2.05) is 30.9 Å². The molecule has 6 nitrogen and oxygen atoms in total. The number of rotatable bonds is 6. The number of thiophene rings is 1. The van der Waals surface area contributed by atoms with Gasteiger partial charge in [0, 0.05) is 51.9 Å². The molecule has 3 heterocycles. The number of hydrogen-bond acceptors (Lipinski definition) is 4. The Morgan fingerprint density at radius 1 is 1.50 bits per heavy atom. The van der Waals surface area contributed by atoms with Crippen LogP contribution in [0, 0.1) is 5.92 Å². The Morgan fingerprint density at radius 2 is 2.38 bits per heavy atom. The Morgan fingerprint density at radius 3 is 3.17 bits per heavy atom. The zero-order chi connectivity index (χ0) is 16.9. The summed E-state index contributed by atoms with van der Waals surface area (Å²) in [7, 11) is 1.84. The van der Waals surface area contributed by atoms with Crippen molar-refractivity contribution >= 4 is 23.2 Å². The molecule has 0 aliphatic carbocycles. The molecule has 1 aliphatic heterocycles. The zero-order valence-electron chi connectivity index (χ0n) is 13.8. The molecule has 0 bridgehead atoms. The van der Waals surface area contributed by atoms with Crippen LogP contribution in [0.2, 0.25) is 0 Å². The van der Waals surface area contributed by atoms with Gasteiger partial charge in [0.1, 0.15) is 5.82 Å². The van der Waals surface area contributed by atoms with E-state index in [4.69, 9.17) is 0 Å². The van der Waals surface area contributed by atoms with E-state index in [9.17, 15) is 9.59 Å². The van der Waals surface area contributed by atoms with Gasteiger partial charge in [-0.15, -0.1) is 11.3 Å². The molecule has 24 heavy (non-hydrogen) atoms. The molecular formula is C17H22N4O2S. The number of nitrogens with zero attached hydrogens (tertiary/aromatic N) is 3. The van der Waals surface area contributed by atoms with E-state index < -0.39 is 0 Å². The molecule has 0 saturated carbocycles. The molecule has 0 aromatic carbocycles. The number of carbonyl (C=O) groups excluding carboxylic acids is 2. The number of carbonyl (C=O) groups is 2. The quantitative estimate of drug-likeness (QED) is 0.867. The maximum atomic E-state index is 12.2. The highest BCUT2D eigenvalue weighted by Crippen LogP contribution is 2.19. The molecule has 0 saturated heterocycles. The number of amides is 2. The summed E-state index contributed by atoms with van der Waals surface area (Å²) in [6.07, 6.45) is 6.16. The first kappa shape index (κ1) is 16.7. The van der Waals surface area contributed by atoms with Crippen molar-refractivity contribution in [2.75, 3.05) is 20.1 Å². The van der Waals surface area contributed by atoms with Gasteiger partial charge in [-0.2, -0.15) is 0 Å². The average molecular weight is 346 g/mol. The molecule has 0 fully saturated rings. The Kier molecular flexibility index (Phi) is 5.30. The van der Waals surface area contributed by atoms with Gasteiger partial charge in [-0.3, -0.25) is 9.59 Å². The lowest BCUT2D eigenvalue weighted by molar-refractivity contribution is -0.130. The first-order chi connectivity index (χ1) is 11.6. The largest absolute Gasteiger partial charge is 0.351 e. The zero-order valence-corrected chi connectivity index (χ0v) is 14.6. The molecular weight excluding hydrogens is 324 g/mol. The summed E-state index contributed by atoms with van der Waals surface area (Å²) >= 11 is 1.40. The Bertz CT molecular complexity index is 695. The summed E-state index contributed by atoms with van der Waals surface area (Å²) in [6, 6.07) is 3.62. The maximum absolute atomic E-state index is 12.2. The third-order valence-electron chi connectivity index (χ3n) is 4.38. The van der Waals surface area contributed by atoms with Crippen molar-refractivity contribution in [3.8, 4) is 0 Å². The van der Waals surface area contributed by atoms with Gasteiger partial charge in [-0.1, -0.05) is 6.07 Å². The molecule has 1 unspecified atom stereocenters. The first-order valence-corrected chi connectivity index (χ1v) is 9.07. The maximum Gasteiger partial charge on any atom is 0.261 e. The fourth-order valence-electron chi connectivity index (χ4n) is 3.03. The van der Waals surface area contributed by atoms with E-state index in [0.717, 1.165) is 31.8 Å². The lowest BCUT2D eigenvalue weighted by Gasteiger charge is -2.28. The second kappa shape index (κ2) is 7.61. The van der Waals surface area contributed by atoms with Crippen molar-refractivity contribution in [2.24, 2.45) is 5.92 Å². The van der Waals surface area contributed by atoms with Gasteiger partial charge < -0.3 is 14.8 Å². The van der Waals surface area contributed by atoms with Crippen LogP contribution in [-0.2, 0) is 17.8 Å². The molecule has 1 N–H and O–H groups in total. The predicted molar refractivity (Wildman–Crippen MR) is 92.9 cm³/mol. The Hall–Kier alpha value is -2.15. The van der Waals surface area contributed by atoms with Crippen LogP contribution >= 0.6 is 11.3 Å². The third-order valence-corrected chi connectivity index (χ3v) is 5.25. The standard InChI is InChI=1S/C17H22N4O2S/c1-20(12-13-5-8-21-9-7-18-15(21)11-13)16(22)4-6-19-17(23)14-3-2-10-24-14/h2-3,7,9-10,13H,4-6,8,11-12H2,1H3,(H,19,23). The van der Waals surface area contributed by atoms with Gasteiger partial charge in [0.15, 0.2) is 0 Å². The Labute approximate surface area is 145 Å². The fourth-order valence-corrected chi connectivity index (χ4v) is 3.67. The highest BCUT2D eigenvalue weighted by Gasteiger charge is 2.22. The number of imidazole rings is 1. The van der Waals surface area contributed by atoms with Gasteiger partial charge in [0.25, 0.3) is 5.91 Å². The molecule has 2 aromatic rings. The summed E-state index contributed by atoms with van der Waals surface area (Å²) in [4.78, 5) is 30.9. The highest BCUT2D eigenvalue weighted by molar-refractivity contribution is 7.12. The average Bonchev–Trinajstić information content (AvgIpc) is 3.25. The Balaban J connectivity index is 1.40. The predicted octanol–water partition coefficient (Wildman–Crippen LogP) is 1.79. The van der Waals surface area contributed by atoms with Crippen LogP contribution in [0.25, 0.3) is 0 Å². The number of fused-ring (bicyclic) bond motifs is 1. The van der Waals surface area contributed by atoms with Crippen LogP contribution in [0.4, 0.5) is 0 Å². The second-order valence-electron chi connectivity index (χ2n) is 6.15. The van der Waals surface area contributed by atoms with E-state index in [1.54, 1.807) is 11.0 Å². The smallest absolute Gasteiger partial charge is 0.261 e. The van der Waals surface area contributed by atoms with E-state index in [2.05, 4.69) is 14.9 Å². The second-order valence-corrected chi connectivity index (χ2v) is 7.10. The van der Waals surface area contributed by atoms with Crippen LogP contribution < -0.4 is 5.32 Å². The molecule has 1 atom stereocenters. The van der Waals surface area contributed by atoms with Crippen molar-refractivity contribution in [2.45, 2.75) is 25.8 Å². The molecule has 0 radical (unpaired) electrons. The van der Waals surface area contributed by atoms with Crippen molar-refractivity contribution in [1.82, 2.24) is 19.8 Å². The van der Waals surface area contributed by atoms with Crippen molar-refractivity contribution in [3.05, 3.63) is 40.6 Å². The van der Waals surface area contributed by atoms with Crippen LogP contribution in [-0.4, -0.2) is 46.4 Å². The van der Waals surface area contributed by atoms with Crippen LogP contribution in [0.15, 0.2) is 29.9 Å². The highest BCUT2D eigenvalue weighted by atomic mass is 32.1. The van der Waals surface area contributed by atoms with Crippen LogP contribution in [0.5, 0.6) is 0 Å². The molecule has 3 rings (SSSR count). The van der Waals surface area contributed by atoms with Crippen molar-refractivity contribution < 1.29 is 9.59 Å². The molecule has 2 aromatic heterocycles. The lowest BCUT2D eigenvalue weighted by Crippen LogP contribution is -2.36. The van der Waals surface area contributed by atoms with Gasteiger partial charge in [0.2, 0.25) is 5.91 Å². The SMILES string of the molecule is CN(CC1CCn2ccnc2C1)C(=O)CCNC(=O)c1cccs1. The summed E-state index contributed by atoms with van der Waals surface area (Å²) in [5.74, 6) is 1.51. The third kappa shape index (κ3) is 4.03. The number of aromatic nitrogens is 2. The van der Waals surface area contributed by atoms with Crippen molar-refractivity contribution in [1.29, 1.82) is 0 Å². The minimum atomic E-state index is -0.112. The number of hydrogen-bond donors (Lipinski definition) is 1. The summed E-state index contributed by atoms with van der Waals surface area (Å²) in [5, 5.41) is 4.66. The summed E-state index contributed by atoms with van der Waals surface area (Å²) in [5.41, 5.74) is 0. The van der Waals surface area contributed by atoms with Crippen LogP contribution in [0.1, 0.15) is 28.3 Å². The fraction of sp³-hybridized carbons (Fsp3) is 0.471. The first-order valence-electron chi connectivity index (χ1n) is 8.19. The van der Waals surface area contributed by atoms with E-state index >= 15 is 0 Å². The van der Waals surface area contributed by atoms with Gasteiger partial charge in [0.05, 0.1) is 4.88 Å². The summed E-state index contributed by atoms with van der Waals surface area (Å²) in [6.45, 7) is 2.08. The molecule has 7 heteroatoms. The van der Waals surface area contributed by atoms with Gasteiger partial charge in [-0.25, -0.2) is 4.98 Å². The van der Waals surface area contributed by atoms with E-state index in [-0.39, 0.29) is 11.8 Å². The molecule has 128 valence electrons. The topological polar surface area (TPSA) is 67.2 Å². The molecule has 0 spiro atoms. The number of nitrogens with one attached hydrogen (secondary N) is 1. The molecule has 1 aliphatic rings. The monoisotopic (exact) mass is 346 g/mol. The van der Waals surface area contributed by atoms with Crippen molar-refractivity contribution in [3.63, 3.8) is 0 Å². The number of aryl methyl sites for hydroxylation is 1. The van der Waals surface area contributed by atoms with Crippen LogP contribution in [0.3, 0.4) is 0 Å². The van der Waals surface area contributed by atoms with Gasteiger partial charge >= 0.3 is 0 Å². The normalized spacial score (nSPS) is 16.5. The lowest BCUT2D eigenvalue weighted by atomic mass is 9.97. The van der Waals surface area contributed by atoms with E-state index in [1.165, 1.54) is 11.3 Å². The minimum absolute atomic E-state index is 0.0652. The van der Waals surface area contributed by atoms with Gasteiger partial charge in [-0.05, 0) is 23.8 Å². The minimum Gasteiger partial charge on any atom is -0.351 e.